The molecule has 0 aromatic heterocycles. The summed E-state index contributed by atoms with van der Waals surface area (Å²) in [5, 5.41) is 0. The van der Waals surface area contributed by atoms with E-state index in [2.05, 4.69) is 44.8 Å². The monoisotopic (exact) mass is 158 g/mol. The zero-order valence-electron chi connectivity index (χ0n) is 8.59. The molecule has 0 aromatic carbocycles. The van der Waals surface area contributed by atoms with Gasteiger partial charge in [-0.2, -0.15) is 0 Å². The SMILES string of the molecule is CC(C)N(C)CCCN(C)C. The largest absolute Gasteiger partial charge is 0.309 e. The van der Waals surface area contributed by atoms with E-state index in [9.17, 15) is 0 Å². The summed E-state index contributed by atoms with van der Waals surface area (Å²) in [6.07, 6.45) is 1.27. The fraction of sp³-hybridized carbons (Fsp3) is 1.00. The van der Waals surface area contributed by atoms with E-state index in [0.717, 1.165) is 0 Å². The molecule has 0 aliphatic carbocycles. The van der Waals surface area contributed by atoms with E-state index in [1.807, 2.05) is 0 Å². The maximum Gasteiger partial charge on any atom is 0.00355 e. The third-order valence-electron chi connectivity index (χ3n) is 2.00. The normalized spacial score (nSPS) is 12.0. The van der Waals surface area contributed by atoms with Crippen molar-refractivity contribution in [2.24, 2.45) is 0 Å². The maximum absolute atomic E-state index is 2.38. The van der Waals surface area contributed by atoms with Gasteiger partial charge in [-0.05, 0) is 54.5 Å². The van der Waals surface area contributed by atoms with Crippen molar-refractivity contribution in [3.05, 3.63) is 0 Å². The highest BCUT2D eigenvalue weighted by Gasteiger charge is 2.01. The highest BCUT2D eigenvalue weighted by Crippen LogP contribution is 1.95. The quantitative estimate of drug-likeness (QED) is 0.594. The third kappa shape index (κ3) is 6.32. The van der Waals surface area contributed by atoms with Gasteiger partial charge in [0.1, 0.15) is 0 Å². The molecule has 0 unspecified atom stereocenters. The zero-order valence-corrected chi connectivity index (χ0v) is 8.59. The van der Waals surface area contributed by atoms with Gasteiger partial charge in [-0.1, -0.05) is 0 Å². The van der Waals surface area contributed by atoms with Crippen LogP contribution >= 0.6 is 0 Å². The minimum Gasteiger partial charge on any atom is -0.309 e. The summed E-state index contributed by atoms with van der Waals surface area (Å²) >= 11 is 0. The second-order valence-electron chi connectivity index (χ2n) is 3.73. The van der Waals surface area contributed by atoms with Gasteiger partial charge in [0.15, 0.2) is 0 Å². The second-order valence-corrected chi connectivity index (χ2v) is 3.73. The summed E-state index contributed by atoms with van der Waals surface area (Å²) in [7, 11) is 6.42. The summed E-state index contributed by atoms with van der Waals surface area (Å²) in [4.78, 5) is 4.61. The third-order valence-corrected chi connectivity index (χ3v) is 2.00. The van der Waals surface area contributed by atoms with Crippen LogP contribution < -0.4 is 0 Å². The first-order valence-electron chi connectivity index (χ1n) is 4.39. The molecule has 0 radical (unpaired) electrons. The Balaban J connectivity index is 3.24. The lowest BCUT2D eigenvalue weighted by molar-refractivity contribution is 0.255. The van der Waals surface area contributed by atoms with E-state index in [-0.39, 0.29) is 0 Å². The van der Waals surface area contributed by atoms with Crippen LogP contribution in [0, 0.1) is 0 Å². The van der Waals surface area contributed by atoms with Crippen LogP contribution in [0.3, 0.4) is 0 Å². The number of nitrogens with zero attached hydrogens (tertiary/aromatic N) is 2. The van der Waals surface area contributed by atoms with Crippen molar-refractivity contribution in [3.63, 3.8) is 0 Å². The summed E-state index contributed by atoms with van der Waals surface area (Å²) in [5.41, 5.74) is 0. The molecular weight excluding hydrogens is 136 g/mol. The Labute approximate surface area is 71.2 Å². The predicted octanol–water partition coefficient (Wildman–Crippen LogP) is 1.28. The molecule has 0 saturated carbocycles. The molecule has 0 aliphatic rings. The van der Waals surface area contributed by atoms with Crippen molar-refractivity contribution in [1.29, 1.82) is 0 Å². The summed E-state index contributed by atoms with van der Waals surface area (Å²) in [6, 6.07) is 0.678. The Morgan fingerprint density at radius 3 is 1.91 bits per heavy atom. The molecule has 0 rings (SSSR count). The smallest absolute Gasteiger partial charge is 0.00355 e. The summed E-state index contributed by atoms with van der Waals surface area (Å²) in [6.45, 7) is 6.86. The van der Waals surface area contributed by atoms with Gasteiger partial charge in [0.05, 0.1) is 0 Å². The van der Waals surface area contributed by atoms with E-state index in [1.54, 1.807) is 0 Å². The van der Waals surface area contributed by atoms with E-state index >= 15 is 0 Å². The number of hydrogen-bond donors (Lipinski definition) is 0. The first-order valence-corrected chi connectivity index (χ1v) is 4.39. The standard InChI is InChI=1S/C9H22N2/c1-9(2)11(5)8-6-7-10(3)4/h9H,6-8H2,1-5H3. The van der Waals surface area contributed by atoms with Crippen LogP contribution in [0.2, 0.25) is 0 Å². The van der Waals surface area contributed by atoms with Crippen LogP contribution in [0.4, 0.5) is 0 Å². The zero-order chi connectivity index (χ0) is 8.85. The van der Waals surface area contributed by atoms with Gasteiger partial charge in [-0.3, -0.25) is 0 Å². The average Bonchev–Trinajstić information content (AvgIpc) is 1.86. The molecule has 0 aromatic rings. The molecule has 0 spiro atoms. The van der Waals surface area contributed by atoms with E-state index in [1.165, 1.54) is 19.5 Å². The molecule has 0 N–H and O–H groups in total. The Morgan fingerprint density at radius 1 is 1.00 bits per heavy atom. The topological polar surface area (TPSA) is 6.48 Å². The van der Waals surface area contributed by atoms with Crippen LogP contribution in [0.1, 0.15) is 20.3 Å². The van der Waals surface area contributed by atoms with Gasteiger partial charge in [0.25, 0.3) is 0 Å². The van der Waals surface area contributed by atoms with E-state index in [4.69, 9.17) is 0 Å². The van der Waals surface area contributed by atoms with Crippen LogP contribution in [-0.2, 0) is 0 Å². The molecule has 0 bridgehead atoms. The van der Waals surface area contributed by atoms with Gasteiger partial charge in [-0.25, -0.2) is 0 Å². The average molecular weight is 158 g/mol. The molecule has 11 heavy (non-hydrogen) atoms. The van der Waals surface area contributed by atoms with Gasteiger partial charge in [0.2, 0.25) is 0 Å². The fourth-order valence-electron chi connectivity index (χ4n) is 0.895. The van der Waals surface area contributed by atoms with Crippen molar-refractivity contribution in [3.8, 4) is 0 Å². The lowest BCUT2D eigenvalue weighted by Gasteiger charge is -2.21. The molecule has 0 saturated heterocycles. The molecule has 2 nitrogen and oxygen atoms in total. The molecule has 0 fully saturated rings. The lowest BCUT2D eigenvalue weighted by Crippen LogP contribution is -2.29. The molecule has 68 valence electrons. The summed E-state index contributed by atoms with van der Waals surface area (Å²) in [5.74, 6) is 0. The van der Waals surface area contributed by atoms with Crippen LogP contribution in [-0.4, -0.2) is 50.1 Å². The molecule has 0 heterocycles. The van der Waals surface area contributed by atoms with Gasteiger partial charge in [0, 0.05) is 6.04 Å². The summed E-state index contributed by atoms with van der Waals surface area (Å²) < 4.78 is 0. The lowest BCUT2D eigenvalue weighted by atomic mass is 10.3. The van der Waals surface area contributed by atoms with Gasteiger partial charge >= 0.3 is 0 Å². The van der Waals surface area contributed by atoms with Crippen molar-refractivity contribution in [1.82, 2.24) is 9.80 Å². The number of rotatable bonds is 5. The fourth-order valence-corrected chi connectivity index (χ4v) is 0.895. The Kier molecular flexibility index (Phi) is 5.51. The number of hydrogen-bond acceptors (Lipinski definition) is 2. The molecular formula is C9H22N2. The van der Waals surface area contributed by atoms with Gasteiger partial charge < -0.3 is 9.80 Å². The Morgan fingerprint density at radius 2 is 1.55 bits per heavy atom. The second kappa shape index (κ2) is 5.56. The first kappa shape index (κ1) is 10.9. The van der Waals surface area contributed by atoms with Crippen LogP contribution in [0.25, 0.3) is 0 Å². The Hall–Kier alpha value is -0.0800. The Bertz CT molecular complexity index is 89.6. The van der Waals surface area contributed by atoms with Crippen molar-refractivity contribution >= 4 is 0 Å². The highest BCUT2D eigenvalue weighted by molar-refractivity contribution is 4.57. The predicted molar refractivity (Wildman–Crippen MR) is 50.9 cm³/mol. The highest BCUT2D eigenvalue weighted by atomic mass is 15.1. The van der Waals surface area contributed by atoms with Crippen molar-refractivity contribution < 1.29 is 0 Å². The molecule has 2 heteroatoms. The molecule has 0 atom stereocenters. The molecule has 0 aliphatic heterocycles. The minimum atomic E-state index is 0.678. The van der Waals surface area contributed by atoms with Crippen LogP contribution in [0.5, 0.6) is 0 Å². The molecule has 0 amide bonds. The maximum atomic E-state index is 2.38. The van der Waals surface area contributed by atoms with E-state index in [0.29, 0.717) is 6.04 Å². The van der Waals surface area contributed by atoms with Crippen molar-refractivity contribution in [2.75, 3.05) is 34.2 Å². The minimum absolute atomic E-state index is 0.678. The van der Waals surface area contributed by atoms with Crippen LogP contribution in [0.15, 0.2) is 0 Å². The van der Waals surface area contributed by atoms with Gasteiger partial charge in [-0.15, -0.1) is 0 Å². The first-order chi connectivity index (χ1) is 5.04. The van der Waals surface area contributed by atoms with Crippen molar-refractivity contribution in [2.45, 2.75) is 26.3 Å². The van der Waals surface area contributed by atoms with E-state index < -0.39 is 0 Å².